The Labute approximate surface area is 183 Å². The lowest BCUT2D eigenvalue weighted by Crippen LogP contribution is -2.20. The van der Waals surface area contributed by atoms with Crippen molar-refractivity contribution in [2.24, 2.45) is 0 Å². The van der Waals surface area contributed by atoms with Gasteiger partial charge in [0.2, 0.25) is 5.91 Å². The number of alkyl halides is 2. The van der Waals surface area contributed by atoms with Crippen molar-refractivity contribution in [1.29, 1.82) is 5.26 Å². The summed E-state index contributed by atoms with van der Waals surface area (Å²) < 4.78 is 30.1. The fourth-order valence-corrected chi connectivity index (χ4v) is 5.13. The van der Waals surface area contributed by atoms with Crippen molar-refractivity contribution in [2.75, 3.05) is 11.1 Å². The number of carbonyl (C=O) groups excluding carboxylic acids is 1. The number of amides is 1. The molecule has 0 spiro atoms. The van der Waals surface area contributed by atoms with E-state index in [0.29, 0.717) is 22.4 Å². The van der Waals surface area contributed by atoms with Crippen molar-refractivity contribution in [1.82, 2.24) is 14.1 Å². The highest BCUT2D eigenvalue weighted by atomic mass is 32.2. The number of halogens is 2. The molecular formula is C22H23F2N5OS. The van der Waals surface area contributed by atoms with Gasteiger partial charge in [0.05, 0.1) is 22.3 Å². The Hall–Kier alpha value is -2.86. The third kappa shape index (κ3) is 3.92. The Morgan fingerprint density at radius 2 is 2.03 bits per heavy atom. The van der Waals surface area contributed by atoms with Gasteiger partial charge in [-0.15, -0.1) is 0 Å². The van der Waals surface area contributed by atoms with E-state index in [1.54, 1.807) is 24.3 Å². The zero-order valence-corrected chi connectivity index (χ0v) is 18.2. The van der Waals surface area contributed by atoms with E-state index in [0.717, 1.165) is 53.3 Å². The highest BCUT2D eigenvalue weighted by Crippen LogP contribution is 2.38. The molecule has 2 aromatic heterocycles. The van der Waals surface area contributed by atoms with Crippen LogP contribution in [0.1, 0.15) is 55.1 Å². The van der Waals surface area contributed by atoms with Crippen LogP contribution in [0.4, 0.5) is 14.6 Å². The molecule has 0 unspecified atom stereocenters. The molecular weight excluding hydrogens is 420 g/mol. The molecule has 31 heavy (non-hydrogen) atoms. The summed E-state index contributed by atoms with van der Waals surface area (Å²) in [6.45, 7) is 1.09. The SMILES string of the molecule is Cc1c(C#N)c(NC(=O)CSc2nc3ccccc3n2C(F)F)n(C2CCCC2)c1C. The predicted molar refractivity (Wildman–Crippen MR) is 116 cm³/mol. The standard InChI is InChI=1S/C22H23F2N5OS/c1-13-14(2)28(15-7-3-4-8-15)20(16(13)11-25)27-19(30)12-31-22-26-17-9-5-6-10-18(17)29(22)21(23)24/h5-6,9-10,15,21H,3-4,7-8,12H2,1-2H3,(H,27,30). The van der Waals surface area contributed by atoms with Gasteiger partial charge in [-0.3, -0.25) is 9.36 Å². The maximum Gasteiger partial charge on any atom is 0.321 e. The first-order valence-electron chi connectivity index (χ1n) is 10.2. The average Bonchev–Trinajstić information content (AvgIpc) is 3.44. The van der Waals surface area contributed by atoms with Crippen LogP contribution in [0.15, 0.2) is 29.4 Å². The Kier molecular flexibility index (Phi) is 6.01. The number of hydrogen-bond acceptors (Lipinski definition) is 4. The van der Waals surface area contributed by atoms with Gasteiger partial charge in [-0.1, -0.05) is 36.7 Å². The van der Waals surface area contributed by atoms with Crippen molar-refractivity contribution < 1.29 is 13.6 Å². The van der Waals surface area contributed by atoms with E-state index in [9.17, 15) is 18.8 Å². The van der Waals surface area contributed by atoms with Crippen LogP contribution >= 0.6 is 11.8 Å². The number of benzene rings is 1. The quantitative estimate of drug-likeness (QED) is 0.506. The Morgan fingerprint density at radius 3 is 2.71 bits per heavy atom. The van der Waals surface area contributed by atoms with Crippen LogP contribution in [0.2, 0.25) is 0 Å². The number of anilines is 1. The van der Waals surface area contributed by atoms with Gasteiger partial charge >= 0.3 is 6.55 Å². The van der Waals surface area contributed by atoms with Crippen molar-refractivity contribution in [3.8, 4) is 6.07 Å². The molecule has 162 valence electrons. The second kappa shape index (κ2) is 8.71. The zero-order valence-electron chi connectivity index (χ0n) is 17.4. The zero-order chi connectivity index (χ0) is 22.1. The van der Waals surface area contributed by atoms with Gasteiger partial charge in [-0.2, -0.15) is 14.0 Å². The van der Waals surface area contributed by atoms with Crippen LogP contribution in [0.3, 0.4) is 0 Å². The summed E-state index contributed by atoms with van der Waals surface area (Å²) in [6, 6.07) is 9.12. The molecule has 0 bridgehead atoms. The number of thioether (sulfide) groups is 1. The van der Waals surface area contributed by atoms with Crippen LogP contribution in [-0.2, 0) is 4.79 Å². The first kappa shape index (κ1) is 21.4. The molecule has 3 aromatic rings. The van der Waals surface area contributed by atoms with Crippen LogP contribution < -0.4 is 5.32 Å². The molecule has 9 heteroatoms. The molecule has 0 radical (unpaired) electrons. The van der Waals surface area contributed by atoms with Gasteiger partial charge in [0.25, 0.3) is 0 Å². The lowest BCUT2D eigenvalue weighted by Gasteiger charge is -2.19. The van der Waals surface area contributed by atoms with Crippen molar-refractivity contribution in [2.45, 2.75) is 57.3 Å². The minimum absolute atomic E-state index is 0.0883. The van der Waals surface area contributed by atoms with E-state index in [1.807, 2.05) is 13.8 Å². The fraction of sp³-hybridized carbons (Fsp3) is 0.409. The summed E-state index contributed by atoms with van der Waals surface area (Å²) >= 11 is 0.959. The first-order chi connectivity index (χ1) is 14.9. The third-order valence-corrected chi connectivity index (χ3v) is 6.86. The number of rotatable bonds is 6. The minimum atomic E-state index is -2.76. The minimum Gasteiger partial charge on any atom is -0.327 e. The summed E-state index contributed by atoms with van der Waals surface area (Å²) in [6.07, 6.45) is 4.26. The normalized spacial score (nSPS) is 14.5. The molecule has 1 amide bonds. The smallest absolute Gasteiger partial charge is 0.321 e. The number of para-hydroxylation sites is 2. The van der Waals surface area contributed by atoms with E-state index >= 15 is 0 Å². The number of fused-ring (bicyclic) bond motifs is 1. The highest BCUT2D eigenvalue weighted by Gasteiger charge is 2.27. The second-order valence-corrected chi connectivity index (χ2v) is 8.66. The third-order valence-electron chi connectivity index (χ3n) is 5.91. The van der Waals surface area contributed by atoms with Crippen LogP contribution in [0.25, 0.3) is 11.0 Å². The highest BCUT2D eigenvalue weighted by molar-refractivity contribution is 7.99. The molecule has 1 aliphatic rings. The molecule has 0 atom stereocenters. The summed E-state index contributed by atoms with van der Waals surface area (Å²) in [5.74, 6) is 0.0676. The maximum atomic E-state index is 13.6. The van der Waals surface area contributed by atoms with Gasteiger partial charge < -0.3 is 9.88 Å². The van der Waals surface area contributed by atoms with Gasteiger partial charge in [0.15, 0.2) is 5.16 Å². The van der Waals surface area contributed by atoms with Crippen molar-refractivity contribution in [3.05, 3.63) is 41.1 Å². The number of nitrogens with one attached hydrogen (secondary N) is 1. The number of aromatic nitrogens is 3. The summed E-state index contributed by atoms with van der Waals surface area (Å²) in [4.78, 5) is 17.0. The average molecular weight is 444 g/mol. The van der Waals surface area contributed by atoms with Gasteiger partial charge in [0.1, 0.15) is 11.9 Å². The van der Waals surface area contributed by atoms with Gasteiger partial charge in [-0.05, 0) is 44.4 Å². The van der Waals surface area contributed by atoms with Gasteiger partial charge in [-0.25, -0.2) is 4.98 Å². The van der Waals surface area contributed by atoms with Gasteiger partial charge in [0, 0.05) is 11.7 Å². The first-order valence-corrected chi connectivity index (χ1v) is 11.2. The number of hydrogen-bond donors (Lipinski definition) is 1. The summed E-state index contributed by atoms with van der Waals surface area (Å²) in [5.41, 5.74) is 3.08. The van der Waals surface area contributed by atoms with E-state index < -0.39 is 6.55 Å². The van der Waals surface area contributed by atoms with E-state index in [1.165, 1.54) is 0 Å². The molecule has 4 rings (SSSR count). The molecule has 0 aliphatic heterocycles. The second-order valence-electron chi connectivity index (χ2n) is 7.72. The largest absolute Gasteiger partial charge is 0.327 e. The van der Waals surface area contributed by atoms with Crippen molar-refractivity contribution >= 4 is 34.5 Å². The maximum absolute atomic E-state index is 13.6. The Morgan fingerprint density at radius 1 is 1.32 bits per heavy atom. The molecule has 1 saturated carbocycles. The molecule has 1 N–H and O–H groups in total. The Balaban J connectivity index is 1.57. The summed E-state index contributed by atoms with van der Waals surface area (Å²) in [5, 5.41) is 12.6. The predicted octanol–water partition coefficient (Wildman–Crippen LogP) is 5.57. The molecule has 1 aromatic carbocycles. The molecule has 1 fully saturated rings. The van der Waals surface area contributed by atoms with Crippen LogP contribution in [0, 0.1) is 25.2 Å². The molecule has 6 nitrogen and oxygen atoms in total. The van der Waals surface area contributed by atoms with E-state index in [-0.39, 0.29) is 22.9 Å². The number of nitriles is 1. The van der Waals surface area contributed by atoms with Crippen LogP contribution in [-0.4, -0.2) is 25.8 Å². The fourth-order valence-electron chi connectivity index (χ4n) is 4.32. The monoisotopic (exact) mass is 443 g/mol. The van der Waals surface area contributed by atoms with E-state index in [2.05, 4.69) is 20.9 Å². The number of carbonyl (C=O) groups is 1. The van der Waals surface area contributed by atoms with E-state index in [4.69, 9.17) is 0 Å². The Bertz CT molecular complexity index is 1170. The number of imidazole rings is 1. The topological polar surface area (TPSA) is 75.6 Å². The van der Waals surface area contributed by atoms with Crippen molar-refractivity contribution in [3.63, 3.8) is 0 Å². The molecule has 1 aliphatic carbocycles. The lowest BCUT2D eigenvalue weighted by atomic mass is 10.2. The lowest BCUT2D eigenvalue weighted by molar-refractivity contribution is -0.113. The number of nitrogens with zero attached hydrogens (tertiary/aromatic N) is 4. The molecule has 0 saturated heterocycles. The summed E-state index contributed by atoms with van der Waals surface area (Å²) in [7, 11) is 0. The van der Waals surface area contributed by atoms with Crippen LogP contribution in [0.5, 0.6) is 0 Å². The molecule has 2 heterocycles.